The fourth-order valence-electron chi connectivity index (χ4n) is 3.95. The first-order valence-electron chi connectivity index (χ1n) is 8.88. The number of hydrogen-bond acceptors (Lipinski definition) is 4. The van der Waals surface area contributed by atoms with Gasteiger partial charge in [0, 0.05) is 26.1 Å². The maximum Gasteiger partial charge on any atom is 0.264 e. The minimum atomic E-state index is 0.0366. The molecule has 1 fully saturated rings. The third-order valence-corrected chi connectivity index (χ3v) is 6.47. The highest BCUT2D eigenvalue weighted by Crippen LogP contribution is 2.30. The van der Waals surface area contributed by atoms with Gasteiger partial charge < -0.3 is 4.90 Å². The summed E-state index contributed by atoms with van der Waals surface area (Å²) in [5.41, 5.74) is 0.853. The minimum absolute atomic E-state index is 0.0366. The Morgan fingerprint density at radius 3 is 2.88 bits per heavy atom. The summed E-state index contributed by atoms with van der Waals surface area (Å²) in [6.07, 6.45) is 5.21. The first-order chi connectivity index (χ1) is 11.6. The normalized spacial score (nSPS) is 21.1. The highest BCUT2D eigenvalue weighted by Gasteiger charge is 2.27. The minimum Gasteiger partial charge on any atom is -0.338 e. The summed E-state index contributed by atoms with van der Waals surface area (Å²) in [5, 5.41) is 0.652. The van der Waals surface area contributed by atoms with Crippen molar-refractivity contribution in [3.8, 4) is 0 Å². The number of amides is 1. The molecule has 5 nitrogen and oxygen atoms in total. The summed E-state index contributed by atoms with van der Waals surface area (Å²) in [4.78, 5) is 33.9. The third kappa shape index (κ3) is 2.48. The second-order valence-electron chi connectivity index (χ2n) is 7.18. The molecule has 1 unspecified atom stereocenters. The molecule has 2 aliphatic rings. The fourth-order valence-corrected chi connectivity index (χ4v) is 5.11. The van der Waals surface area contributed by atoms with Crippen molar-refractivity contribution < 1.29 is 4.79 Å². The molecule has 0 radical (unpaired) electrons. The smallest absolute Gasteiger partial charge is 0.264 e. The van der Waals surface area contributed by atoms with Crippen molar-refractivity contribution >= 4 is 27.5 Å². The van der Waals surface area contributed by atoms with Crippen LogP contribution in [-0.2, 0) is 13.0 Å². The molecule has 4 heterocycles. The van der Waals surface area contributed by atoms with Crippen LogP contribution >= 0.6 is 11.3 Å². The monoisotopic (exact) mass is 345 g/mol. The van der Waals surface area contributed by atoms with E-state index in [1.807, 2.05) is 16.4 Å². The van der Waals surface area contributed by atoms with Crippen LogP contribution in [0, 0.1) is 12.8 Å². The summed E-state index contributed by atoms with van der Waals surface area (Å²) < 4.78 is 1.81. The van der Waals surface area contributed by atoms with E-state index < -0.39 is 0 Å². The summed E-state index contributed by atoms with van der Waals surface area (Å²) >= 11 is 1.40. The van der Waals surface area contributed by atoms with Gasteiger partial charge >= 0.3 is 0 Å². The number of carbonyl (C=O) groups excluding carboxylic acids is 1. The van der Waals surface area contributed by atoms with E-state index in [2.05, 4.69) is 6.92 Å². The standard InChI is InChI=1S/C18H23N3O2S/c1-11-6-5-8-20(10-11)18(23)15-12(2)14-16(24-15)19-13-7-3-4-9-21(13)17(14)22/h11H,3-10H2,1-2H3. The van der Waals surface area contributed by atoms with Gasteiger partial charge in [0.2, 0.25) is 0 Å². The molecular weight excluding hydrogens is 322 g/mol. The van der Waals surface area contributed by atoms with Gasteiger partial charge in [0.15, 0.2) is 0 Å². The number of fused-ring (bicyclic) bond motifs is 2. The number of piperidine rings is 1. The molecule has 2 aliphatic heterocycles. The van der Waals surface area contributed by atoms with Crippen molar-refractivity contribution in [1.82, 2.24) is 14.5 Å². The molecule has 4 rings (SSSR count). The molecule has 2 aromatic heterocycles. The zero-order valence-electron chi connectivity index (χ0n) is 14.3. The SMILES string of the molecule is Cc1c(C(=O)N2CCCC(C)C2)sc2nc3n(c(=O)c12)CCCC3. The van der Waals surface area contributed by atoms with Crippen molar-refractivity contribution in [2.75, 3.05) is 13.1 Å². The topological polar surface area (TPSA) is 55.2 Å². The molecular formula is C18H23N3O2S. The van der Waals surface area contributed by atoms with E-state index in [1.165, 1.54) is 17.8 Å². The lowest BCUT2D eigenvalue weighted by Crippen LogP contribution is -2.39. The summed E-state index contributed by atoms with van der Waals surface area (Å²) in [6.45, 7) is 6.48. The Bertz CT molecular complexity index is 867. The van der Waals surface area contributed by atoms with Gasteiger partial charge in [-0.3, -0.25) is 14.2 Å². The molecule has 128 valence electrons. The zero-order valence-corrected chi connectivity index (χ0v) is 15.1. The number of hydrogen-bond donors (Lipinski definition) is 0. The molecule has 1 saturated heterocycles. The number of aryl methyl sites for hydroxylation is 2. The van der Waals surface area contributed by atoms with Gasteiger partial charge in [-0.1, -0.05) is 6.92 Å². The largest absolute Gasteiger partial charge is 0.338 e. The second kappa shape index (κ2) is 5.99. The van der Waals surface area contributed by atoms with Crippen molar-refractivity contribution in [2.24, 2.45) is 5.92 Å². The van der Waals surface area contributed by atoms with Gasteiger partial charge in [0.25, 0.3) is 11.5 Å². The van der Waals surface area contributed by atoms with E-state index >= 15 is 0 Å². The molecule has 1 amide bonds. The fraction of sp³-hybridized carbons (Fsp3) is 0.611. The van der Waals surface area contributed by atoms with E-state index in [0.717, 1.165) is 61.5 Å². The lowest BCUT2D eigenvalue weighted by Gasteiger charge is -2.30. The van der Waals surface area contributed by atoms with Crippen molar-refractivity contribution in [2.45, 2.75) is 52.5 Å². The second-order valence-corrected chi connectivity index (χ2v) is 8.18. The molecule has 2 aromatic rings. The average molecular weight is 345 g/mol. The van der Waals surface area contributed by atoms with Crippen LogP contribution in [0.2, 0.25) is 0 Å². The van der Waals surface area contributed by atoms with Crippen LogP contribution in [0.3, 0.4) is 0 Å². The van der Waals surface area contributed by atoms with E-state index in [9.17, 15) is 9.59 Å². The van der Waals surface area contributed by atoms with Gasteiger partial charge in [0.05, 0.1) is 10.3 Å². The molecule has 0 aromatic carbocycles. The summed E-state index contributed by atoms with van der Waals surface area (Å²) in [7, 11) is 0. The molecule has 0 N–H and O–H groups in total. The number of rotatable bonds is 1. The molecule has 24 heavy (non-hydrogen) atoms. The Morgan fingerprint density at radius 2 is 2.08 bits per heavy atom. The van der Waals surface area contributed by atoms with Crippen LogP contribution in [0.4, 0.5) is 0 Å². The molecule has 0 saturated carbocycles. The predicted octanol–water partition coefficient (Wildman–Crippen LogP) is 2.97. The van der Waals surface area contributed by atoms with Crippen LogP contribution < -0.4 is 5.56 Å². The Hall–Kier alpha value is -1.69. The number of likely N-dealkylation sites (tertiary alicyclic amines) is 1. The van der Waals surface area contributed by atoms with Crippen LogP contribution in [-0.4, -0.2) is 33.4 Å². The predicted molar refractivity (Wildman–Crippen MR) is 95.9 cm³/mol. The summed E-state index contributed by atoms with van der Waals surface area (Å²) in [6, 6.07) is 0. The number of aromatic nitrogens is 2. The molecule has 0 aliphatic carbocycles. The van der Waals surface area contributed by atoms with Gasteiger partial charge in [-0.15, -0.1) is 11.3 Å². The highest BCUT2D eigenvalue weighted by atomic mass is 32.1. The Balaban J connectivity index is 1.79. The molecule has 0 bridgehead atoms. The lowest BCUT2D eigenvalue weighted by molar-refractivity contribution is 0.0687. The zero-order chi connectivity index (χ0) is 16.8. The highest BCUT2D eigenvalue weighted by molar-refractivity contribution is 7.20. The number of thiophene rings is 1. The van der Waals surface area contributed by atoms with E-state index in [-0.39, 0.29) is 11.5 Å². The van der Waals surface area contributed by atoms with Crippen LogP contribution in [0.5, 0.6) is 0 Å². The van der Waals surface area contributed by atoms with Crippen LogP contribution in [0.1, 0.15) is 53.7 Å². The first kappa shape index (κ1) is 15.8. The van der Waals surface area contributed by atoms with Crippen molar-refractivity contribution in [1.29, 1.82) is 0 Å². The van der Waals surface area contributed by atoms with Gasteiger partial charge in [-0.05, 0) is 44.1 Å². The molecule has 1 atom stereocenters. The van der Waals surface area contributed by atoms with Crippen molar-refractivity contribution in [3.05, 3.63) is 26.6 Å². The van der Waals surface area contributed by atoms with Crippen molar-refractivity contribution in [3.63, 3.8) is 0 Å². The maximum atomic E-state index is 13.0. The van der Waals surface area contributed by atoms with E-state index in [1.54, 1.807) is 0 Å². The van der Waals surface area contributed by atoms with Gasteiger partial charge in [-0.2, -0.15) is 0 Å². The number of carbonyl (C=O) groups is 1. The van der Waals surface area contributed by atoms with Gasteiger partial charge in [0.1, 0.15) is 10.7 Å². The molecule has 6 heteroatoms. The van der Waals surface area contributed by atoms with Crippen LogP contribution in [0.15, 0.2) is 4.79 Å². The van der Waals surface area contributed by atoms with E-state index in [4.69, 9.17) is 4.98 Å². The summed E-state index contributed by atoms with van der Waals surface area (Å²) in [5.74, 6) is 1.50. The van der Waals surface area contributed by atoms with Crippen LogP contribution in [0.25, 0.3) is 10.2 Å². The third-order valence-electron chi connectivity index (χ3n) is 5.30. The van der Waals surface area contributed by atoms with E-state index in [0.29, 0.717) is 16.2 Å². The number of nitrogens with zero attached hydrogens (tertiary/aromatic N) is 3. The lowest BCUT2D eigenvalue weighted by atomic mass is 10.00. The Labute approximate surface area is 145 Å². The maximum absolute atomic E-state index is 13.0. The Morgan fingerprint density at radius 1 is 1.25 bits per heavy atom. The van der Waals surface area contributed by atoms with Gasteiger partial charge in [-0.25, -0.2) is 4.98 Å². The Kier molecular flexibility index (Phi) is 3.95. The quantitative estimate of drug-likeness (QED) is 0.798. The average Bonchev–Trinajstić information content (AvgIpc) is 2.91. The molecule has 0 spiro atoms. The first-order valence-corrected chi connectivity index (χ1v) is 9.70.